The van der Waals surface area contributed by atoms with Crippen molar-refractivity contribution in [2.75, 3.05) is 9.80 Å². The summed E-state index contributed by atoms with van der Waals surface area (Å²) in [5.41, 5.74) is 12.4. The Morgan fingerprint density at radius 1 is 0.300 bits per heavy atom. The molecule has 0 saturated heterocycles. The van der Waals surface area contributed by atoms with Gasteiger partial charge in [-0.1, -0.05) is 138 Å². The Morgan fingerprint density at radius 3 is 0.840 bits per heavy atom. The second-order valence-electron chi connectivity index (χ2n) is 14.2. The summed E-state index contributed by atoms with van der Waals surface area (Å²) < 4.78 is 0. The molecule has 2 heteroatoms. The minimum Gasteiger partial charge on any atom is -0.311 e. The predicted molar refractivity (Wildman–Crippen MR) is 219 cm³/mol. The van der Waals surface area contributed by atoms with Crippen LogP contribution in [0.3, 0.4) is 0 Å². The number of aryl methyl sites for hydroxylation is 4. The summed E-state index contributed by atoms with van der Waals surface area (Å²) in [6, 6.07) is 45.3. The molecule has 0 bridgehead atoms. The van der Waals surface area contributed by atoms with Crippen molar-refractivity contribution in [1.82, 2.24) is 0 Å². The lowest BCUT2D eigenvalue weighted by Crippen LogP contribution is -2.12. The monoisotopic (exact) mass is 664 g/mol. The van der Waals surface area contributed by atoms with E-state index in [2.05, 4.69) is 159 Å². The van der Waals surface area contributed by atoms with E-state index >= 15 is 0 Å². The van der Waals surface area contributed by atoms with Gasteiger partial charge >= 0.3 is 0 Å². The maximum absolute atomic E-state index is 2.38. The quantitative estimate of drug-likeness (QED) is 0.0764. The van der Waals surface area contributed by atoms with Gasteiger partial charge in [-0.05, 0) is 123 Å². The molecular formula is C48H60N2. The van der Waals surface area contributed by atoms with Gasteiger partial charge in [-0.3, -0.25) is 0 Å². The van der Waals surface area contributed by atoms with E-state index in [1.165, 1.54) is 122 Å². The fraction of sp³-hybridized carbons (Fsp3) is 0.375. The van der Waals surface area contributed by atoms with Crippen LogP contribution in [0.25, 0.3) is 0 Å². The molecule has 0 fully saturated rings. The summed E-state index contributed by atoms with van der Waals surface area (Å²) in [6.07, 6.45) is 18.3. The van der Waals surface area contributed by atoms with Crippen LogP contribution in [0.15, 0.2) is 121 Å². The first-order chi connectivity index (χ1) is 24.6. The van der Waals surface area contributed by atoms with Crippen molar-refractivity contribution in [2.24, 2.45) is 0 Å². The third-order valence-corrected chi connectivity index (χ3v) is 9.98. The Labute approximate surface area is 304 Å². The first-order valence-electron chi connectivity index (χ1n) is 19.6. The Balaban J connectivity index is 1.37. The van der Waals surface area contributed by atoms with Gasteiger partial charge in [0.25, 0.3) is 0 Å². The molecular weight excluding hydrogens is 605 g/mol. The molecule has 0 aliphatic heterocycles. The van der Waals surface area contributed by atoms with Crippen molar-refractivity contribution in [2.45, 2.75) is 118 Å². The molecule has 0 saturated carbocycles. The third-order valence-electron chi connectivity index (χ3n) is 9.98. The maximum Gasteiger partial charge on any atom is 0.0463 e. The number of nitrogens with zero attached hydrogens (tertiary/aromatic N) is 2. The maximum atomic E-state index is 2.38. The summed E-state index contributed by atoms with van der Waals surface area (Å²) >= 11 is 0. The molecule has 5 aromatic carbocycles. The van der Waals surface area contributed by atoms with Gasteiger partial charge in [0, 0.05) is 34.1 Å². The van der Waals surface area contributed by atoms with Gasteiger partial charge < -0.3 is 9.80 Å². The second kappa shape index (κ2) is 19.8. The Kier molecular flexibility index (Phi) is 14.6. The van der Waals surface area contributed by atoms with Crippen LogP contribution in [0.2, 0.25) is 0 Å². The molecule has 0 radical (unpaired) electrons. The topological polar surface area (TPSA) is 6.48 Å². The third kappa shape index (κ3) is 10.8. The highest BCUT2D eigenvalue weighted by atomic mass is 15.2. The number of anilines is 6. The van der Waals surface area contributed by atoms with Crippen molar-refractivity contribution in [3.05, 3.63) is 144 Å². The summed E-state index contributed by atoms with van der Waals surface area (Å²) in [5.74, 6) is 0. The van der Waals surface area contributed by atoms with Crippen molar-refractivity contribution in [3.8, 4) is 0 Å². The smallest absolute Gasteiger partial charge is 0.0463 e. The normalized spacial score (nSPS) is 11.1. The molecule has 262 valence electrons. The fourth-order valence-electron chi connectivity index (χ4n) is 6.88. The Hall–Kier alpha value is -4.30. The van der Waals surface area contributed by atoms with Crippen LogP contribution in [0, 0.1) is 13.8 Å². The standard InChI is InChI=1S/C48H60N2/c1-5-7-9-11-13-15-17-41-23-31-45(32-24-41)49(43-27-19-39(3)20-28-43)47-35-37-48(38-36-47)50(44-29-21-40(4)22-30-44)46-33-25-42(26-34-46)18-16-14-12-10-8-6-2/h19-38H,5-18H2,1-4H3. The number of rotatable bonds is 20. The highest BCUT2D eigenvalue weighted by Crippen LogP contribution is 2.39. The molecule has 5 aromatic rings. The molecule has 0 N–H and O–H groups in total. The van der Waals surface area contributed by atoms with Gasteiger partial charge in [0.1, 0.15) is 0 Å². The minimum atomic E-state index is 1.15. The molecule has 2 nitrogen and oxygen atoms in total. The second-order valence-corrected chi connectivity index (χ2v) is 14.2. The van der Waals surface area contributed by atoms with Crippen LogP contribution in [-0.2, 0) is 12.8 Å². The molecule has 0 unspecified atom stereocenters. The van der Waals surface area contributed by atoms with E-state index in [0.717, 1.165) is 24.2 Å². The van der Waals surface area contributed by atoms with Gasteiger partial charge in [0.05, 0.1) is 0 Å². The Morgan fingerprint density at radius 2 is 0.540 bits per heavy atom. The van der Waals surface area contributed by atoms with E-state index < -0.39 is 0 Å². The molecule has 0 aliphatic rings. The van der Waals surface area contributed by atoms with Gasteiger partial charge in [-0.2, -0.15) is 0 Å². The fourth-order valence-corrected chi connectivity index (χ4v) is 6.88. The van der Waals surface area contributed by atoms with Crippen LogP contribution < -0.4 is 9.80 Å². The summed E-state index contributed by atoms with van der Waals surface area (Å²) in [6.45, 7) is 8.88. The largest absolute Gasteiger partial charge is 0.311 e. The predicted octanol–water partition coefficient (Wildman–Crippen LogP) is 15.0. The van der Waals surface area contributed by atoms with Gasteiger partial charge in [-0.25, -0.2) is 0 Å². The minimum absolute atomic E-state index is 1.15. The van der Waals surface area contributed by atoms with Gasteiger partial charge in [-0.15, -0.1) is 0 Å². The lowest BCUT2D eigenvalue weighted by Gasteiger charge is -2.28. The van der Waals surface area contributed by atoms with Crippen molar-refractivity contribution < 1.29 is 0 Å². The number of hydrogen-bond donors (Lipinski definition) is 0. The highest BCUT2D eigenvalue weighted by Gasteiger charge is 2.16. The molecule has 0 aliphatic carbocycles. The van der Waals surface area contributed by atoms with E-state index in [-0.39, 0.29) is 0 Å². The zero-order valence-corrected chi connectivity index (χ0v) is 31.3. The average molecular weight is 665 g/mol. The van der Waals surface area contributed by atoms with E-state index in [0.29, 0.717) is 0 Å². The van der Waals surface area contributed by atoms with E-state index in [1.54, 1.807) is 0 Å². The number of unbranched alkanes of at least 4 members (excludes halogenated alkanes) is 10. The van der Waals surface area contributed by atoms with Crippen LogP contribution >= 0.6 is 0 Å². The Bertz CT molecular complexity index is 1520. The molecule has 0 heterocycles. The average Bonchev–Trinajstić information content (AvgIpc) is 3.15. The van der Waals surface area contributed by atoms with Crippen molar-refractivity contribution in [3.63, 3.8) is 0 Å². The van der Waals surface area contributed by atoms with Crippen LogP contribution in [-0.4, -0.2) is 0 Å². The SMILES string of the molecule is CCCCCCCCc1ccc(N(c2ccc(C)cc2)c2ccc(N(c3ccc(C)cc3)c3ccc(CCCCCCCC)cc3)cc2)cc1. The van der Waals surface area contributed by atoms with Gasteiger partial charge in [0.2, 0.25) is 0 Å². The van der Waals surface area contributed by atoms with E-state index in [4.69, 9.17) is 0 Å². The van der Waals surface area contributed by atoms with Crippen LogP contribution in [0.1, 0.15) is 113 Å². The van der Waals surface area contributed by atoms with Crippen molar-refractivity contribution >= 4 is 34.1 Å². The first kappa shape index (κ1) is 37.0. The lowest BCUT2D eigenvalue weighted by molar-refractivity contribution is 0.607. The summed E-state index contributed by atoms with van der Waals surface area (Å²) in [7, 11) is 0. The molecule has 0 spiro atoms. The highest BCUT2D eigenvalue weighted by molar-refractivity contribution is 5.81. The molecule has 0 aromatic heterocycles. The molecule has 0 atom stereocenters. The number of benzene rings is 5. The van der Waals surface area contributed by atoms with E-state index in [1.807, 2.05) is 0 Å². The van der Waals surface area contributed by atoms with Gasteiger partial charge in [0.15, 0.2) is 0 Å². The summed E-state index contributed by atoms with van der Waals surface area (Å²) in [4.78, 5) is 4.76. The lowest BCUT2D eigenvalue weighted by atomic mass is 10.0. The van der Waals surface area contributed by atoms with Crippen LogP contribution in [0.5, 0.6) is 0 Å². The van der Waals surface area contributed by atoms with Crippen LogP contribution in [0.4, 0.5) is 34.1 Å². The summed E-state index contributed by atoms with van der Waals surface area (Å²) in [5, 5.41) is 0. The molecule has 5 rings (SSSR count). The zero-order chi connectivity index (χ0) is 35.0. The zero-order valence-electron chi connectivity index (χ0n) is 31.3. The molecule has 50 heavy (non-hydrogen) atoms. The van der Waals surface area contributed by atoms with E-state index in [9.17, 15) is 0 Å². The molecule has 0 amide bonds. The first-order valence-corrected chi connectivity index (χ1v) is 19.6. The van der Waals surface area contributed by atoms with Crippen molar-refractivity contribution in [1.29, 1.82) is 0 Å². The number of hydrogen-bond acceptors (Lipinski definition) is 2.